The maximum absolute atomic E-state index is 10.4. The first-order chi connectivity index (χ1) is 7.13. The minimum absolute atomic E-state index is 0.275. The summed E-state index contributed by atoms with van der Waals surface area (Å²) >= 11 is 0. The third kappa shape index (κ3) is 2.53. The highest BCUT2D eigenvalue weighted by Crippen LogP contribution is 2.20. The molecule has 6 heteroatoms. The summed E-state index contributed by atoms with van der Waals surface area (Å²) in [6.07, 6.45) is 2.15. The molecule has 1 saturated heterocycles. The number of rotatable bonds is 4. The lowest BCUT2D eigenvalue weighted by atomic mass is 9.96. The summed E-state index contributed by atoms with van der Waals surface area (Å²) in [6, 6.07) is 0. The van der Waals surface area contributed by atoms with E-state index in [1.165, 1.54) is 0 Å². The Hall–Kier alpha value is -1.43. The van der Waals surface area contributed by atoms with Crippen LogP contribution in [-0.4, -0.2) is 44.1 Å². The summed E-state index contributed by atoms with van der Waals surface area (Å²) in [7, 11) is 1.83. The average molecular weight is 210 g/mol. The van der Waals surface area contributed by atoms with Crippen LogP contribution in [0.3, 0.4) is 0 Å². The molecule has 6 nitrogen and oxygen atoms in total. The SMILES string of the molecule is Cn1cc(CN2CC(CC(=O)O)C2)nn1. The van der Waals surface area contributed by atoms with Crippen molar-refractivity contribution in [3.8, 4) is 0 Å². The van der Waals surface area contributed by atoms with Gasteiger partial charge in [0, 0.05) is 32.9 Å². The summed E-state index contributed by atoms with van der Waals surface area (Å²) in [5.41, 5.74) is 0.936. The van der Waals surface area contributed by atoms with Crippen LogP contribution >= 0.6 is 0 Å². The van der Waals surface area contributed by atoms with Crippen molar-refractivity contribution in [2.45, 2.75) is 13.0 Å². The number of carboxylic acid groups (broad SMARTS) is 1. The fraction of sp³-hybridized carbons (Fsp3) is 0.667. The quantitative estimate of drug-likeness (QED) is 0.740. The van der Waals surface area contributed by atoms with Crippen LogP contribution < -0.4 is 0 Å². The number of hydrogen-bond acceptors (Lipinski definition) is 4. The molecule has 0 amide bonds. The lowest BCUT2D eigenvalue weighted by Gasteiger charge is -2.37. The molecule has 0 aliphatic carbocycles. The van der Waals surface area contributed by atoms with Crippen LogP contribution in [0.2, 0.25) is 0 Å². The van der Waals surface area contributed by atoms with Crippen molar-refractivity contribution in [1.29, 1.82) is 0 Å². The number of aliphatic carboxylic acids is 1. The smallest absolute Gasteiger partial charge is 0.303 e. The fourth-order valence-electron chi connectivity index (χ4n) is 1.88. The molecule has 1 aromatic rings. The molecule has 1 fully saturated rings. The van der Waals surface area contributed by atoms with E-state index < -0.39 is 5.97 Å². The number of carbonyl (C=O) groups is 1. The molecule has 15 heavy (non-hydrogen) atoms. The van der Waals surface area contributed by atoms with Crippen LogP contribution in [0.5, 0.6) is 0 Å². The summed E-state index contributed by atoms with van der Waals surface area (Å²) in [5, 5.41) is 16.4. The van der Waals surface area contributed by atoms with E-state index in [1.807, 2.05) is 13.2 Å². The number of carboxylic acids is 1. The molecule has 1 aliphatic rings. The second kappa shape index (κ2) is 3.98. The van der Waals surface area contributed by atoms with Crippen molar-refractivity contribution in [3.05, 3.63) is 11.9 Å². The minimum Gasteiger partial charge on any atom is -0.481 e. The summed E-state index contributed by atoms with van der Waals surface area (Å²) in [6.45, 7) is 2.47. The van der Waals surface area contributed by atoms with Crippen molar-refractivity contribution in [1.82, 2.24) is 19.9 Å². The zero-order valence-electron chi connectivity index (χ0n) is 8.63. The summed E-state index contributed by atoms with van der Waals surface area (Å²) in [5.74, 6) is -0.404. The van der Waals surface area contributed by atoms with E-state index in [9.17, 15) is 4.79 Å². The van der Waals surface area contributed by atoms with E-state index in [0.29, 0.717) is 5.92 Å². The molecule has 1 N–H and O–H groups in total. The van der Waals surface area contributed by atoms with Gasteiger partial charge in [0.15, 0.2) is 0 Å². The van der Waals surface area contributed by atoms with Gasteiger partial charge in [0.25, 0.3) is 0 Å². The molecule has 0 spiro atoms. The Morgan fingerprint density at radius 3 is 2.93 bits per heavy atom. The van der Waals surface area contributed by atoms with E-state index in [0.717, 1.165) is 25.3 Å². The van der Waals surface area contributed by atoms with Gasteiger partial charge >= 0.3 is 5.97 Å². The molecule has 0 unspecified atom stereocenters. The highest BCUT2D eigenvalue weighted by atomic mass is 16.4. The monoisotopic (exact) mass is 210 g/mol. The van der Waals surface area contributed by atoms with E-state index >= 15 is 0 Å². The number of aryl methyl sites for hydroxylation is 1. The van der Waals surface area contributed by atoms with Crippen molar-refractivity contribution < 1.29 is 9.90 Å². The summed E-state index contributed by atoms with van der Waals surface area (Å²) in [4.78, 5) is 12.6. The van der Waals surface area contributed by atoms with E-state index in [-0.39, 0.29) is 6.42 Å². The third-order valence-corrected chi connectivity index (χ3v) is 2.53. The largest absolute Gasteiger partial charge is 0.481 e. The first kappa shape index (κ1) is 10.1. The molecule has 0 bridgehead atoms. The zero-order valence-corrected chi connectivity index (χ0v) is 8.63. The van der Waals surface area contributed by atoms with Crippen molar-refractivity contribution in [3.63, 3.8) is 0 Å². The second-order valence-corrected chi connectivity index (χ2v) is 4.04. The Labute approximate surface area is 87.5 Å². The molecule has 0 saturated carbocycles. The van der Waals surface area contributed by atoms with Gasteiger partial charge in [0.2, 0.25) is 0 Å². The van der Waals surface area contributed by atoms with Gasteiger partial charge in [-0.05, 0) is 5.92 Å². The number of aromatic nitrogens is 3. The van der Waals surface area contributed by atoms with Crippen LogP contribution in [0.4, 0.5) is 0 Å². The lowest BCUT2D eigenvalue weighted by molar-refractivity contribution is -0.139. The third-order valence-electron chi connectivity index (χ3n) is 2.53. The molecule has 0 aromatic carbocycles. The van der Waals surface area contributed by atoms with Gasteiger partial charge in [0.1, 0.15) is 0 Å². The first-order valence-corrected chi connectivity index (χ1v) is 4.93. The Balaban J connectivity index is 1.74. The number of likely N-dealkylation sites (tertiary alicyclic amines) is 1. The Morgan fingerprint density at radius 1 is 1.67 bits per heavy atom. The highest BCUT2D eigenvalue weighted by Gasteiger charge is 2.28. The number of hydrogen-bond donors (Lipinski definition) is 1. The van der Waals surface area contributed by atoms with Gasteiger partial charge in [-0.1, -0.05) is 5.21 Å². The van der Waals surface area contributed by atoms with Crippen LogP contribution in [0, 0.1) is 5.92 Å². The maximum Gasteiger partial charge on any atom is 0.303 e. The van der Waals surface area contributed by atoms with E-state index in [4.69, 9.17) is 5.11 Å². The molecule has 0 atom stereocenters. The van der Waals surface area contributed by atoms with Gasteiger partial charge < -0.3 is 5.11 Å². The Bertz CT molecular complexity index is 357. The van der Waals surface area contributed by atoms with Gasteiger partial charge in [0.05, 0.1) is 12.1 Å². The number of nitrogens with zero attached hydrogens (tertiary/aromatic N) is 4. The summed E-state index contributed by atoms with van der Waals surface area (Å²) < 4.78 is 1.67. The fourth-order valence-corrected chi connectivity index (χ4v) is 1.88. The van der Waals surface area contributed by atoms with E-state index in [2.05, 4.69) is 15.2 Å². The predicted molar refractivity (Wildman–Crippen MR) is 52.0 cm³/mol. The van der Waals surface area contributed by atoms with Crippen LogP contribution in [0.25, 0.3) is 0 Å². The van der Waals surface area contributed by atoms with Gasteiger partial charge in [-0.3, -0.25) is 14.4 Å². The molecule has 82 valence electrons. The molecule has 2 heterocycles. The topological polar surface area (TPSA) is 71.2 Å². The maximum atomic E-state index is 10.4. The Morgan fingerprint density at radius 2 is 2.40 bits per heavy atom. The normalized spacial score (nSPS) is 17.7. The van der Waals surface area contributed by atoms with Crippen LogP contribution in [0.15, 0.2) is 6.20 Å². The zero-order chi connectivity index (χ0) is 10.8. The minimum atomic E-state index is -0.709. The van der Waals surface area contributed by atoms with Crippen molar-refractivity contribution in [2.75, 3.05) is 13.1 Å². The predicted octanol–water partition coefficient (Wildman–Crippen LogP) is -0.278. The first-order valence-electron chi connectivity index (χ1n) is 4.93. The van der Waals surface area contributed by atoms with Crippen LogP contribution in [0.1, 0.15) is 12.1 Å². The second-order valence-electron chi connectivity index (χ2n) is 4.04. The van der Waals surface area contributed by atoms with E-state index in [1.54, 1.807) is 4.68 Å². The molecular formula is C9H14N4O2. The molecular weight excluding hydrogens is 196 g/mol. The van der Waals surface area contributed by atoms with Gasteiger partial charge in [-0.25, -0.2) is 0 Å². The molecule has 1 aliphatic heterocycles. The molecule has 0 radical (unpaired) electrons. The lowest BCUT2D eigenvalue weighted by Crippen LogP contribution is -2.46. The van der Waals surface area contributed by atoms with Crippen LogP contribution in [-0.2, 0) is 18.4 Å². The van der Waals surface area contributed by atoms with Gasteiger partial charge in [-0.2, -0.15) is 0 Å². The molecule has 2 rings (SSSR count). The molecule has 1 aromatic heterocycles. The highest BCUT2D eigenvalue weighted by molar-refractivity contribution is 5.67. The standard InChI is InChI=1S/C9H14N4O2/c1-12-5-8(10-11-12)6-13-3-7(4-13)2-9(14)15/h5,7H,2-4,6H2,1H3,(H,14,15). The van der Waals surface area contributed by atoms with Crippen molar-refractivity contribution in [2.24, 2.45) is 13.0 Å². The Kier molecular flexibility index (Phi) is 2.68. The average Bonchev–Trinajstić information content (AvgIpc) is 2.47. The van der Waals surface area contributed by atoms with Gasteiger partial charge in [-0.15, -0.1) is 5.10 Å². The van der Waals surface area contributed by atoms with Crippen molar-refractivity contribution >= 4 is 5.97 Å².